The zero-order chi connectivity index (χ0) is 15.4. The molecule has 7 nitrogen and oxygen atoms in total. The van der Waals surface area contributed by atoms with E-state index >= 15 is 0 Å². The molecule has 1 saturated heterocycles. The van der Waals surface area contributed by atoms with Gasteiger partial charge in [-0.3, -0.25) is 4.79 Å². The van der Waals surface area contributed by atoms with E-state index in [1.807, 2.05) is 6.92 Å². The van der Waals surface area contributed by atoms with Crippen molar-refractivity contribution in [3.8, 4) is 0 Å². The number of ether oxygens (including phenoxy) is 1. The van der Waals surface area contributed by atoms with Crippen LogP contribution >= 0.6 is 12.4 Å². The number of halogens is 1. The Balaban J connectivity index is 0.00000192. The van der Waals surface area contributed by atoms with Crippen molar-refractivity contribution >= 4 is 18.3 Å². The zero-order valence-electron chi connectivity index (χ0n) is 13.4. The van der Waals surface area contributed by atoms with E-state index in [1.54, 1.807) is 0 Å². The summed E-state index contributed by atoms with van der Waals surface area (Å²) in [6.45, 7) is 3.60. The number of carbonyl (C=O) groups is 1. The van der Waals surface area contributed by atoms with Crippen LogP contribution in [0.4, 0.5) is 0 Å². The minimum atomic E-state index is -0.308. The first-order chi connectivity index (χ1) is 10.7. The van der Waals surface area contributed by atoms with Crippen LogP contribution in [0.1, 0.15) is 62.7 Å². The topological polar surface area (TPSA) is 89.3 Å². The van der Waals surface area contributed by atoms with Gasteiger partial charge in [0.2, 0.25) is 11.8 Å². The molecule has 130 valence electrons. The molecule has 2 fully saturated rings. The molecule has 2 atom stereocenters. The Kier molecular flexibility index (Phi) is 6.80. The summed E-state index contributed by atoms with van der Waals surface area (Å²) in [4.78, 5) is 16.6. The van der Waals surface area contributed by atoms with Crippen LogP contribution in [0.5, 0.6) is 0 Å². The summed E-state index contributed by atoms with van der Waals surface area (Å²) < 4.78 is 10.6. The lowest BCUT2D eigenvalue weighted by Gasteiger charge is -2.23. The lowest BCUT2D eigenvalue weighted by molar-refractivity contribution is -0.126. The second-order valence-corrected chi connectivity index (χ2v) is 6.14. The number of amides is 1. The van der Waals surface area contributed by atoms with Crippen LogP contribution in [-0.2, 0) is 9.53 Å². The summed E-state index contributed by atoms with van der Waals surface area (Å²) >= 11 is 0. The maximum atomic E-state index is 12.1. The Morgan fingerprint density at radius 3 is 2.83 bits per heavy atom. The van der Waals surface area contributed by atoms with Crippen LogP contribution in [0.3, 0.4) is 0 Å². The summed E-state index contributed by atoms with van der Waals surface area (Å²) in [6, 6.07) is -0.599. The van der Waals surface area contributed by atoms with E-state index in [0.717, 1.165) is 18.7 Å². The first kappa shape index (κ1) is 18.2. The monoisotopic (exact) mass is 344 g/mol. The van der Waals surface area contributed by atoms with Crippen LogP contribution in [0.15, 0.2) is 4.52 Å². The molecule has 0 aromatic carbocycles. The van der Waals surface area contributed by atoms with E-state index in [-0.39, 0.29) is 30.4 Å². The number of rotatable bonds is 4. The van der Waals surface area contributed by atoms with Crippen molar-refractivity contribution in [2.24, 2.45) is 0 Å². The van der Waals surface area contributed by atoms with Gasteiger partial charge in [0.15, 0.2) is 5.82 Å². The number of carbonyl (C=O) groups excluding carboxylic acids is 1. The van der Waals surface area contributed by atoms with Gasteiger partial charge in [0.05, 0.1) is 13.2 Å². The SMILES string of the molecule is CC(NC(=O)C1COCCN1)c1nc(C2CCCCC2)no1.Cl. The summed E-state index contributed by atoms with van der Waals surface area (Å²) in [5.74, 6) is 1.58. The molecule has 2 aliphatic rings. The van der Waals surface area contributed by atoms with Crippen LogP contribution in [-0.4, -0.2) is 41.8 Å². The van der Waals surface area contributed by atoms with Crippen LogP contribution in [0.2, 0.25) is 0 Å². The largest absolute Gasteiger partial charge is 0.378 e. The van der Waals surface area contributed by atoms with E-state index in [2.05, 4.69) is 20.8 Å². The van der Waals surface area contributed by atoms with Gasteiger partial charge < -0.3 is 19.9 Å². The molecule has 0 bridgehead atoms. The van der Waals surface area contributed by atoms with Crippen LogP contribution in [0.25, 0.3) is 0 Å². The lowest BCUT2D eigenvalue weighted by atomic mass is 9.89. The number of hydrogen-bond acceptors (Lipinski definition) is 6. The highest BCUT2D eigenvalue weighted by atomic mass is 35.5. The van der Waals surface area contributed by atoms with E-state index < -0.39 is 0 Å². The third-order valence-electron chi connectivity index (χ3n) is 4.40. The Labute approximate surface area is 142 Å². The van der Waals surface area contributed by atoms with Gasteiger partial charge in [-0.15, -0.1) is 12.4 Å². The van der Waals surface area contributed by atoms with Gasteiger partial charge in [-0.2, -0.15) is 4.98 Å². The molecule has 0 radical (unpaired) electrons. The summed E-state index contributed by atoms with van der Waals surface area (Å²) in [7, 11) is 0. The first-order valence-electron chi connectivity index (χ1n) is 8.19. The van der Waals surface area contributed by atoms with Gasteiger partial charge in [-0.05, 0) is 19.8 Å². The fourth-order valence-corrected chi connectivity index (χ4v) is 3.06. The average Bonchev–Trinajstić information content (AvgIpc) is 3.06. The van der Waals surface area contributed by atoms with Gasteiger partial charge in [0, 0.05) is 12.5 Å². The maximum absolute atomic E-state index is 12.1. The van der Waals surface area contributed by atoms with Crippen molar-refractivity contribution in [2.75, 3.05) is 19.8 Å². The van der Waals surface area contributed by atoms with Crippen LogP contribution < -0.4 is 10.6 Å². The Morgan fingerprint density at radius 2 is 2.13 bits per heavy atom. The molecule has 1 aromatic rings. The van der Waals surface area contributed by atoms with Gasteiger partial charge >= 0.3 is 0 Å². The highest BCUT2D eigenvalue weighted by molar-refractivity contribution is 5.85. The Hall–Kier alpha value is -1.18. The smallest absolute Gasteiger partial charge is 0.248 e. The highest BCUT2D eigenvalue weighted by Gasteiger charge is 2.26. The number of morpholine rings is 1. The van der Waals surface area contributed by atoms with E-state index in [1.165, 1.54) is 19.3 Å². The third-order valence-corrected chi connectivity index (χ3v) is 4.40. The Morgan fingerprint density at radius 1 is 1.35 bits per heavy atom. The van der Waals surface area contributed by atoms with Crippen molar-refractivity contribution in [3.05, 3.63) is 11.7 Å². The molecule has 1 aromatic heterocycles. The van der Waals surface area contributed by atoms with Gasteiger partial charge in [-0.1, -0.05) is 24.4 Å². The normalized spacial score (nSPS) is 23.8. The fourth-order valence-electron chi connectivity index (χ4n) is 3.06. The first-order valence-corrected chi connectivity index (χ1v) is 8.19. The second-order valence-electron chi connectivity index (χ2n) is 6.14. The third kappa shape index (κ3) is 4.65. The van der Waals surface area contributed by atoms with Gasteiger partial charge in [0.1, 0.15) is 12.1 Å². The van der Waals surface area contributed by atoms with Crippen molar-refractivity contribution in [1.29, 1.82) is 0 Å². The quantitative estimate of drug-likeness (QED) is 0.864. The molecule has 1 aliphatic heterocycles. The predicted octanol–water partition coefficient (Wildman–Crippen LogP) is 1.70. The van der Waals surface area contributed by atoms with Crippen molar-refractivity contribution < 1.29 is 14.1 Å². The maximum Gasteiger partial charge on any atom is 0.248 e. The van der Waals surface area contributed by atoms with Crippen LogP contribution in [0, 0.1) is 0 Å². The minimum absolute atomic E-state index is 0. The standard InChI is InChI=1S/C15H24N4O3.ClH/c1-10(17-14(20)12-9-21-8-7-16-12)15-18-13(19-22-15)11-5-3-2-4-6-11;/h10-12,16H,2-9H2,1H3,(H,17,20);1H. The molecule has 2 N–H and O–H groups in total. The van der Waals surface area contributed by atoms with Crippen molar-refractivity contribution in [2.45, 2.75) is 57.0 Å². The minimum Gasteiger partial charge on any atom is -0.378 e. The number of nitrogens with zero attached hydrogens (tertiary/aromatic N) is 2. The van der Waals surface area contributed by atoms with Gasteiger partial charge in [0.25, 0.3) is 0 Å². The molecule has 2 unspecified atom stereocenters. The summed E-state index contributed by atoms with van der Waals surface area (Å²) in [6.07, 6.45) is 6.01. The molecule has 1 aliphatic carbocycles. The average molecular weight is 345 g/mol. The fraction of sp³-hybridized carbons (Fsp3) is 0.800. The lowest BCUT2D eigenvalue weighted by Crippen LogP contribution is -2.51. The van der Waals surface area contributed by atoms with Gasteiger partial charge in [-0.25, -0.2) is 0 Å². The number of nitrogens with one attached hydrogen (secondary N) is 2. The zero-order valence-corrected chi connectivity index (χ0v) is 14.2. The molecular formula is C15H25ClN4O3. The van der Waals surface area contributed by atoms with E-state index in [0.29, 0.717) is 31.6 Å². The molecule has 1 saturated carbocycles. The summed E-state index contributed by atoms with van der Waals surface area (Å²) in [5.41, 5.74) is 0. The van der Waals surface area contributed by atoms with E-state index in [4.69, 9.17) is 9.26 Å². The Bertz CT molecular complexity index is 499. The van der Waals surface area contributed by atoms with E-state index in [9.17, 15) is 4.79 Å². The van der Waals surface area contributed by atoms with Crippen molar-refractivity contribution in [1.82, 2.24) is 20.8 Å². The molecule has 0 spiro atoms. The van der Waals surface area contributed by atoms with Crippen molar-refractivity contribution in [3.63, 3.8) is 0 Å². The number of aromatic nitrogens is 2. The number of hydrogen-bond donors (Lipinski definition) is 2. The molecule has 8 heteroatoms. The molecule has 2 heterocycles. The molecule has 23 heavy (non-hydrogen) atoms. The second kappa shape index (κ2) is 8.61. The molecule has 1 amide bonds. The highest BCUT2D eigenvalue weighted by Crippen LogP contribution is 2.31. The predicted molar refractivity (Wildman–Crippen MR) is 86.5 cm³/mol. The molecular weight excluding hydrogens is 320 g/mol. The summed E-state index contributed by atoms with van der Waals surface area (Å²) in [5, 5.41) is 10.1. The molecule has 3 rings (SSSR count).